The van der Waals surface area contributed by atoms with Crippen molar-refractivity contribution in [3.05, 3.63) is 34.6 Å². The van der Waals surface area contributed by atoms with Crippen LogP contribution in [0.25, 0.3) is 0 Å². The highest BCUT2D eigenvalue weighted by Gasteiger charge is 2.13. The number of amides is 1. The number of piperazine rings is 1. The lowest BCUT2D eigenvalue weighted by Crippen LogP contribution is -2.46. The fraction of sp³-hybridized carbons (Fsp3) is 0.462. The Bertz CT molecular complexity index is 450. The molecule has 1 aromatic rings. The second-order valence-corrected chi connectivity index (χ2v) is 4.91. The van der Waals surface area contributed by atoms with Crippen LogP contribution >= 0.6 is 11.6 Å². The normalized spacial score (nSPS) is 16.3. The summed E-state index contributed by atoms with van der Waals surface area (Å²) in [7, 11) is 0. The van der Waals surface area contributed by atoms with Crippen molar-refractivity contribution in [2.45, 2.75) is 0 Å². The van der Waals surface area contributed by atoms with Crippen molar-refractivity contribution in [1.29, 1.82) is 0 Å². The molecule has 0 saturated carbocycles. The summed E-state index contributed by atoms with van der Waals surface area (Å²) in [6.07, 6.45) is 0. The SMILES string of the molecule is O=C(NCCN1CCNCC1)c1cc(Cl)ccc1F. The number of rotatable bonds is 4. The lowest BCUT2D eigenvalue weighted by atomic mass is 10.2. The number of hydrogen-bond donors (Lipinski definition) is 2. The summed E-state index contributed by atoms with van der Waals surface area (Å²) in [5, 5.41) is 6.33. The Morgan fingerprint density at radius 3 is 2.89 bits per heavy atom. The zero-order chi connectivity index (χ0) is 13.7. The van der Waals surface area contributed by atoms with Crippen molar-refractivity contribution in [1.82, 2.24) is 15.5 Å². The molecule has 104 valence electrons. The zero-order valence-corrected chi connectivity index (χ0v) is 11.3. The average molecular weight is 286 g/mol. The summed E-state index contributed by atoms with van der Waals surface area (Å²) in [4.78, 5) is 14.1. The fourth-order valence-electron chi connectivity index (χ4n) is 2.03. The second-order valence-electron chi connectivity index (χ2n) is 4.47. The van der Waals surface area contributed by atoms with Crippen LogP contribution in [-0.2, 0) is 0 Å². The van der Waals surface area contributed by atoms with Gasteiger partial charge in [-0.2, -0.15) is 0 Å². The van der Waals surface area contributed by atoms with Gasteiger partial charge in [0.2, 0.25) is 0 Å². The van der Waals surface area contributed by atoms with Crippen molar-refractivity contribution in [3.63, 3.8) is 0 Å². The Labute approximate surface area is 116 Å². The maximum Gasteiger partial charge on any atom is 0.254 e. The number of benzene rings is 1. The van der Waals surface area contributed by atoms with Crippen LogP contribution in [0.3, 0.4) is 0 Å². The van der Waals surface area contributed by atoms with E-state index in [0.29, 0.717) is 11.6 Å². The summed E-state index contributed by atoms with van der Waals surface area (Å²) in [5.41, 5.74) is -0.00666. The molecule has 0 radical (unpaired) electrons. The van der Waals surface area contributed by atoms with E-state index in [9.17, 15) is 9.18 Å². The number of nitrogens with one attached hydrogen (secondary N) is 2. The largest absolute Gasteiger partial charge is 0.351 e. The molecule has 0 aliphatic carbocycles. The lowest BCUT2D eigenvalue weighted by Gasteiger charge is -2.27. The molecule has 2 N–H and O–H groups in total. The fourth-order valence-corrected chi connectivity index (χ4v) is 2.20. The Balaban J connectivity index is 1.82. The summed E-state index contributed by atoms with van der Waals surface area (Å²) < 4.78 is 13.5. The number of carbonyl (C=O) groups excluding carboxylic acids is 1. The lowest BCUT2D eigenvalue weighted by molar-refractivity contribution is 0.0943. The van der Waals surface area contributed by atoms with Crippen molar-refractivity contribution < 1.29 is 9.18 Å². The van der Waals surface area contributed by atoms with Gasteiger partial charge in [-0.15, -0.1) is 0 Å². The highest BCUT2D eigenvalue weighted by Crippen LogP contribution is 2.14. The minimum absolute atomic E-state index is 0.00666. The molecule has 19 heavy (non-hydrogen) atoms. The van der Waals surface area contributed by atoms with Crippen molar-refractivity contribution in [2.75, 3.05) is 39.3 Å². The topological polar surface area (TPSA) is 44.4 Å². The van der Waals surface area contributed by atoms with Crippen molar-refractivity contribution in [3.8, 4) is 0 Å². The Kier molecular flexibility index (Phi) is 5.13. The van der Waals surface area contributed by atoms with Gasteiger partial charge >= 0.3 is 0 Å². The molecule has 6 heteroatoms. The third kappa shape index (κ3) is 4.16. The molecule has 0 unspecified atom stereocenters. The molecule has 0 bridgehead atoms. The highest BCUT2D eigenvalue weighted by molar-refractivity contribution is 6.30. The van der Waals surface area contributed by atoms with Crippen molar-refractivity contribution in [2.24, 2.45) is 0 Å². The van der Waals surface area contributed by atoms with Gasteiger partial charge in [-0.05, 0) is 18.2 Å². The molecule has 0 spiro atoms. The first-order valence-electron chi connectivity index (χ1n) is 6.33. The molecule has 1 aliphatic heterocycles. The first-order chi connectivity index (χ1) is 9.16. The van der Waals surface area contributed by atoms with Crippen molar-refractivity contribution >= 4 is 17.5 Å². The van der Waals surface area contributed by atoms with Gasteiger partial charge in [-0.25, -0.2) is 4.39 Å². The van der Waals surface area contributed by atoms with Crippen LogP contribution in [0.4, 0.5) is 4.39 Å². The molecule has 1 aliphatic rings. The molecule has 0 atom stereocenters. The Hall–Kier alpha value is -1.17. The minimum Gasteiger partial charge on any atom is -0.351 e. The summed E-state index contributed by atoms with van der Waals surface area (Å²) >= 11 is 5.75. The van der Waals surface area contributed by atoms with E-state index < -0.39 is 11.7 Å². The number of carbonyl (C=O) groups is 1. The first-order valence-corrected chi connectivity index (χ1v) is 6.71. The maximum absolute atomic E-state index is 13.5. The van der Waals surface area contributed by atoms with Crippen LogP contribution in [0.2, 0.25) is 5.02 Å². The van der Waals surface area contributed by atoms with E-state index in [-0.39, 0.29) is 5.56 Å². The molecule has 4 nitrogen and oxygen atoms in total. The average Bonchev–Trinajstić information content (AvgIpc) is 2.42. The third-order valence-corrected chi connectivity index (χ3v) is 3.33. The van der Waals surface area contributed by atoms with Gasteiger partial charge in [0.15, 0.2) is 0 Å². The molecule has 2 rings (SSSR count). The van der Waals surface area contributed by atoms with Crippen LogP contribution in [0.5, 0.6) is 0 Å². The van der Waals surface area contributed by atoms with Gasteiger partial charge in [0.1, 0.15) is 5.82 Å². The Morgan fingerprint density at radius 2 is 2.16 bits per heavy atom. The minimum atomic E-state index is -0.552. The van der Waals surface area contributed by atoms with Crippen LogP contribution in [-0.4, -0.2) is 50.1 Å². The van der Waals surface area contributed by atoms with Crippen LogP contribution in [0.15, 0.2) is 18.2 Å². The van der Waals surface area contributed by atoms with Gasteiger partial charge in [-0.3, -0.25) is 9.69 Å². The van der Waals surface area contributed by atoms with E-state index in [0.717, 1.165) is 32.7 Å². The number of nitrogens with zero attached hydrogens (tertiary/aromatic N) is 1. The van der Waals surface area contributed by atoms with E-state index in [1.54, 1.807) is 0 Å². The van der Waals surface area contributed by atoms with E-state index in [2.05, 4.69) is 15.5 Å². The van der Waals surface area contributed by atoms with E-state index in [4.69, 9.17) is 11.6 Å². The predicted octanol–water partition coefficient (Wildman–Crippen LogP) is 1.11. The van der Waals surface area contributed by atoms with Gasteiger partial charge < -0.3 is 10.6 Å². The molecule has 0 aromatic heterocycles. The van der Waals surface area contributed by atoms with Gasteiger partial charge in [0.05, 0.1) is 5.56 Å². The monoisotopic (exact) mass is 285 g/mol. The van der Waals surface area contributed by atoms with Crippen LogP contribution < -0.4 is 10.6 Å². The number of halogens is 2. The van der Waals surface area contributed by atoms with Crippen LogP contribution in [0, 0.1) is 5.82 Å². The van der Waals surface area contributed by atoms with Gasteiger partial charge in [0, 0.05) is 44.3 Å². The van der Waals surface area contributed by atoms with E-state index in [1.807, 2.05) is 0 Å². The Morgan fingerprint density at radius 1 is 1.42 bits per heavy atom. The summed E-state index contributed by atoms with van der Waals surface area (Å²) in [6, 6.07) is 3.97. The van der Waals surface area contributed by atoms with Gasteiger partial charge in [-0.1, -0.05) is 11.6 Å². The first kappa shape index (κ1) is 14.2. The summed E-state index contributed by atoms with van der Waals surface area (Å²) in [6.45, 7) is 5.16. The molecule has 1 aromatic carbocycles. The quantitative estimate of drug-likeness (QED) is 0.871. The van der Waals surface area contributed by atoms with E-state index in [1.165, 1.54) is 18.2 Å². The van der Waals surface area contributed by atoms with Crippen LogP contribution in [0.1, 0.15) is 10.4 Å². The molecular weight excluding hydrogens is 269 g/mol. The number of hydrogen-bond acceptors (Lipinski definition) is 3. The molecule has 1 amide bonds. The molecular formula is C13H17ClFN3O. The highest BCUT2D eigenvalue weighted by atomic mass is 35.5. The third-order valence-electron chi connectivity index (χ3n) is 3.10. The van der Waals surface area contributed by atoms with E-state index >= 15 is 0 Å². The smallest absolute Gasteiger partial charge is 0.254 e. The summed E-state index contributed by atoms with van der Waals surface area (Å²) in [5.74, 6) is -0.973. The zero-order valence-electron chi connectivity index (χ0n) is 10.6. The molecule has 1 heterocycles. The van der Waals surface area contributed by atoms with Gasteiger partial charge in [0.25, 0.3) is 5.91 Å². The second kappa shape index (κ2) is 6.84. The predicted molar refractivity (Wildman–Crippen MR) is 73.1 cm³/mol. The molecule has 1 fully saturated rings. The maximum atomic E-state index is 13.5. The standard InChI is InChI=1S/C13H17ClFN3O/c14-10-1-2-12(15)11(9-10)13(19)17-5-8-18-6-3-16-4-7-18/h1-2,9,16H,3-8H2,(H,17,19). The molecule has 1 saturated heterocycles.